The Kier molecular flexibility index (Phi) is 7.03. The van der Waals surface area contributed by atoms with Crippen LogP contribution in [0.5, 0.6) is 0 Å². The molecule has 0 amide bonds. The number of hydrogen-bond acceptors (Lipinski definition) is 2. The summed E-state index contributed by atoms with van der Waals surface area (Å²) in [6.07, 6.45) is 7.08. The summed E-state index contributed by atoms with van der Waals surface area (Å²) in [7, 11) is 1.41. The number of rotatable bonds is 7. The molecule has 3 rings (SSSR count). The molecule has 0 saturated carbocycles. The van der Waals surface area contributed by atoms with Crippen molar-refractivity contribution in [2.24, 2.45) is 5.92 Å². The van der Waals surface area contributed by atoms with Crippen LogP contribution in [-0.2, 0) is 22.0 Å². The maximum absolute atomic E-state index is 11.7. The third-order valence-corrected chi connectivity index (χ3v) is 7.99. The van der Waals surface area contributed by atoms with Gasteiger partial charge in [0, 0.05) is 0 Å². The van der Waals surface area contributed by atoms with Crippen LogP contribution in [0.2, 0.25) is 0 Å². The Labute approximate surface area is 195 Å². The molecule has 0 aliphatic heterocycles. The van der Waals surface area contributed by atoms with Crippen LogP contribution in [0.25, 0.3) is 11.6 Å². The van der Waals surface area contributed by atoms with Gasteiger partial charge in [-0.1, -0.05) is 84.7 Å². The predicted octanol–water partition coefficient (Wildman–Crippen LogP) is 7.97. The minimum atomic E-state index is -0.298. The van der Waals surface area contributed by atoms with Crippen molar-refractivity contribution < 1.29 is 9.53 Å². The van der Waals surface area contributed by atoms with E-state index in [-0.39, 0.29) is 16.8 Å². The highest BCUT2D eigenvalue weighted by Crippen LogP contribution is 2.54. The number of esters is 1. The molecule has 172 valence electrons. The molecule has 0 spiro atoms. The second kappa shape index (κ2) is 9.25. The molecule has 1 aliphatic rings. The zero-order chi connectivity index (χ0) is 23.7. The minimum absolute atomic E-state index is 0.151. The van der Waals surface area contributed by atoms with Crippen LogP contribution in [-0.4, -0.2) is 13.1 Å². The zero-order valence-electron chi connectivity index (χ0n) is 21.3. The van der Waals surface area contributed by atoms with Gasteiger partial charge in [0.25, 0.3) is 0 Å². The van der Waals surface area contributed by atoms with Gasteiger partial charge in [0.15, 0.2) is 0 Å². The molecule has 0 saturated heterocycles. The molecular weight excluding hydrogens is 392 g/mol. The Morgan fingerprint density at radius 2 is 1.59 bits per heavy atom. The van der Waals surface area contributed by atoms with Crippen LogP contribution >= 0.6 is 0 Å². The third kappa shape index (κ3) is 4.42. The monoisotopic (exact) mass is 432 g/mol. The van der Waals surface area contributed by atoms with E-state index in [0.29, 0.717) is 11.5 Å². The van der Waals surface area contributed by atoms with E-state index in [4.69, 9.17) is 4.74 Å². The molecule has 1 atom stereocenters. The van der Waals surface area contributed by atoms with Gasteiger partial charge in [-0.3, -0.25) is 0 Å². The van der Waals surface area contributed by atoms with Gasteiger partial charge >= 0.3 is 5.97 Å². The van der Waals surface area contributed by atoms with E-state index in [1.54, 1.807) is 0 Å². The first-order valence-electron chi connectivity index (χ1n) is 12.1. The molecule has 1 unspecified atom stereocenters. The smallest absolute Gasteiger partial charge is 0.337 e. The van der Waals surface area contributed by atoms with E-state index < -0.39 is 0 Å². The van der Waals surface area contributed by atoms with Crippen molar-refractivity contribution >= 4 is 17.6 Å². The molecule has 0 radical (unpaired) electrons. The van der Waals surface area contributed by atoms with Gasteiger partial charge in [-0.25, -0.2) is 4.79 Å². The molecule has 2 heteroatoms. The second-order valence-corrected chi connectivity index (χ2v) is 10.6. The fourth-order valence-electron chi connectivity index (χ4n) is 5.38. The van der Waals surface area contributed by atoms with Crippen LogP contribution in [0.4, 0.5) is 0 Å². The standard InChI is InChI=1S/C30H40O2/c1-9-10-11-12-24-18-26-27(30(6,7)21(3)29(26,4)5)19-25(24)20(2)17-22-13-15-23(16-14-22)28(31)32-8/h13-19,21H,9-12H2,1-8H3. The first kappa shape index (κ1) is 24.3. The molecule has 0 heterocycles. The molecule has 32 heavy (non-hydrogen) atoms. The summed E-state index contributed by atoms with van der Waals surface area (Å²) in [6.45, 7) is 16.5. The molecule has 2 aromatic carbocycles. The summed E-state index contributed by atoms with van der Waals surface area (Å²) in [5, 5.41) is 0. The number of unbranched alkanes of at least 4 members (excludes halogenated alkanes) is 2. The highest BCUT2D eigenvalue weighted by Gasteiger charge is 2.48. The van der Waals surface area contributed by atoms with Gasteiger partial charge in [-0.2, -0.15) is 0 Å². The lowest BCUT2D eigenvalue weighted by Gasteiger charge is -2.32. The van der Waals surface area contributed by atoms with E-state index >= 15 is 0 Å². The topological polar surface area (TPSA) is 26.3 Å². The van der Waals surface area contributed by atoms with Gasteiger partial charge in [0.1, 0.15) is 0 Å². The zero-order valence-corrected chi connectivity index (χ0v) is 21.3. The van der Waals surface area contributed by atoms with Crippen molar-refractivity contribution in [3.05, 3.63) is 69.8 Å². The lowest BCUT2D eigenvalue weighted by molar-refractivity contribution is 0.0600. The maximum Gasteiger partial charge on any atom is 0.337 e. The molecule has 0 fully saturated rings. The van der Waals surface area contributed by atoms with E-state index in [9.17, 15) is 4.79 Å². The summed E-state index contributed by atoms with van der Waals surface area (Å²) in [6, 6.07) is 12.7. The first-order chi connectivity index (χ1) is 15.0. The average molecular weight is 433 g/mol. The van der Waals surface area contributed by atoms with Crippen LogP contribution in [0.3, 0.4) is 0 Å². The first-order valence-corrected chi connectivity index (χ1v) is 12.1. The number of benzene rings is 2. The van der Waals surface area contributed by atoms with Gasteiger partial charge in [-0.15, -0.1) is 0 Å². The summed E-state index contributed by atoms with van der Waals surface area (Å²) in [4.78, 5) is 11.7. The Morgan fingerprint density at radius 3 is 2.16 bits per heavy atom. The summed E-state index contributed by atoms with van der Waals surface area (Å²) >= 11 is 0. The van der Waals surface area contributed by atoms with E-state index in [1.165, 1.54) is 54.2 Å². The Bertz CT molecular complexity index is 1010. The molecule has 0 bridgehead atoms. The van der Waals surface area contributed by atoms with Crippen molar-refractivity contribution in [2.45, 2.75) is 85.0 Å². The minimum Gasteiger partial charge on any atom is -0.465 e. The van der Waals surface area contributed by atoms with Crippen LogP contribution in [0.1, 0.15) is 106 Å². The number of allylic oxidation sites excluding steroid dienone is 1. The van der Waals surface area contributed by atoms with E-state index in [2.05, 4.69) is 66.7 Å². The second-order valence-electron chi connectivity index (χ2n) is 10.6. The van der Waals surface area contributed by atoms with Gasteiger partial charge in [0.05, 0.1) is 12.7 Å². The SMILES string of the molecule is CCCCCc1cc2c(cc1C(C)=Cc1ccc(C(=O)OC)cc1)C(C)(C)C(C)C2(C)C. The number of methoxy groups -OCH3 is 1. The van der Waals surface area contributed by atoms with Crippen molar-refractivity contribution in [2.75, 3.05) is 7.11 Å². The maximum atomic E-state index is 11.7. The number of aryl methyl sites for hydroxylation is 1. The largest absolute Gasteiger partial charge is 0.465 e. The number of carbonyl (C=O) groups is 1. The molecule has 2 aromatic rings. The summed E-state index contributed by atoms with van der Waals surface area (Å²) in [5.41, 5.74) is 9.15. The number of carbonyl (C=O) groups excluding carboxylic acids is 1. The summed E-state index contributed by atoms with van der Waals surface area (Å²) in [5.74, 6) is 0.284. The normalized spacial score (nSPS) is 19.0. The summed E-state index contributed by atoms with van der Waals surface area (Å²) < 4.78 is 4.82. The number of hydrogen-bond donors (Lipinski definition) is 0. The number of fused-ring (bicyclic) bond motifs is 1. The highest BCUT2D eigenvalue weighted by atomic mass is 16.5. The van der Waals surface area contributed by atoms with Crippen molar-refractivity contribution in [1.82, 2.24) is 0 Å². The Hall–Kier alpha value is -2.35. The fourth-order valence-corrected chi connectivity index (χ4v) is 5.38. The van der Waals surface area contributed by atoms with Gasteiger partial charge < -0.3 is 4.74 Å². The lowest BCUT2D eigenvalue weighted by Crippen LogP contribution is -2.30. The van der Waals surface area contributed by atoms with Crippen molar-refractivity contribution in [1.29, 1.82) is 0 Å². The average Bonchev–Trinajstić information content (AvgIpc) is 2.90. The van der Waals surface area contributed by atoms with Crippen LogP contribution in [0, 0.1) is 5.92 Å². The highest BCUT2D eigenvalue weighted by molar-refractivity contribution is 5.90. The molecular formula is C30H40O2. The van der Waals surface area contributed by atoms with Gasteiger partial charge in [0.2, 0.25) is 0 Å². The fraction of sp³-hybridized carbons (Fsp3) is 0.500. The van der Waals surface area contributed by atoms with Crippen LogP contribution < -0.4 is 0 Å². The van der Waals surface area contributed by atoms with Gasteiger partial charge in [-0.05, 0) is 82.0 Å². The molecule has 0 aromatic heterocycles. The Morgan fingerprint density at radius 1 is 1.00 bits per heavy atom. The Balaban J connectivity index is 2.07. The van der Waals surface area contributed by atoms with E-state index in [0.717, 1.165) is 12.0 Å². The third-order valence-electron chi connectivity index (χ3n) is 7.99. The molecule has 2 nitrogen and oxygen atoms in total. The van der Waals surface area contributed by atoms with Crippen molar-refractivity contribution in [3.63, 3.8) is 0 Å². The lowest BCUT2D eigenvalue weighted by atomic mass is 9.71. The van der Waals surface area contributed by atoms with E-state index in [1.807, 2.05) is 24.3 Å². The number of ether oxygens (including phenoxy) is 1. The molecule has 1 aliphatic carbocycles. The molecule has 0 N–H and O–H groups in total. The van der Waals surface area contributed by atoms with Crippen LogP contribution in [0.15, 0.2) is 36.4 Å². The predicted molar refractivity (Wildman–Crippen MR) is 136 cm³/mol. The van der Waals surface area contributed by atoms with Crippen molar-refractivity contribution in [3.8, 4) is 0 Å². The quantitative estimate of drug-likeness (QED) is 0.252.